The fraction of sp³-hybridized carbons (Fsp3) is 0.188. The number of hydrogen-bond acceptors (Lipinski definition) is 2. The zero-order valence-corrected chi connectivity index (χ0v) is 12.0. The smallest absolute Gasteiger partial charge is 0.228 e. The van der Waals surface area contributed by atoms with E-state index in [1.54, 1.807) is 23.9 Å². The van der Waals surface area contributed by atoms with E-state index in [1.807, 2.05) is 24.3 Å². The molecule has 0 radical (unpaired) electrons. The Morgan fingerprint density at radius 2 is 1.75 bits per heavy atom. The SMILES string of the molecule is CCSc1ccc(CC(=O)Nc2ccc(F)cc2)cc1. The maximum Gasteiger partial charge on any atom is 0.228 e. The molecular formula is C16H16FNOS. The lowest BCUT2D eigenvalue weighted by Crippen LogP contribution is -2.14. The van der Waals surface area contributed by atoms with Gasteiger partial charge < -0.3 is 5.32 Å². The van der Waals surface area contributed by atoms with Crippen molar-refractivity contribution >= 4 is 23.4 Å². The number of anilines is 1. The van der Waals surface area contributed by atoms with Crippen molar-refractivity contribution in [1.82, 2.24) is 0 Å². The van der Waals surface area contributed by atoms with Gasteiger partial charge in [-0.25, -0.2) is 4.39 Å². The van der Waals surface area contributed by atoms with Crippen molar-refractivity contribution in [1.29, 1.82) is 0 Å². The van der Waals surface area contributed by atoms with Crippen LogP contribution in [-0.4, -0.2) is 11.7 Å². The zero-order valence-electron chi connectivity index (χ0n) is 11.2. The van der Waals surface area contributed by atoms with E-state index in [0.717, 1.165) is 11.3 Å². The average molecular weight is 289 g/mol. The molecule has 0 aliphatic heterocycles. The van der Waals surface area contributed by atoms with E-state index >= 15 is 0 Å². The molecule has 0 saturated carbocycles. The summed E-state index contributed by atoms with van der Waals surface area (Å²) in [5.74, 6) is 0.615. The van der Waals surface area contributed by atoms with Crippen LogP contribution in [0.1, 0.15) is 12.5 Å². The molecule has 20 heavy (non-hydrogen) atoms. The fourth-order valence-corrected chi connectivity index (χ4v) is 2.46. The Morgan fingerprint density at radius 3 is 2.35 bits per heavy atom. The van der Waals surface area contributed by atoms with Crippen molar-refractivity contribution in [2.45, 2.75) is 18.2 Å². The lowest BCUT2D eigenvalue weighted by atomic mass is 10.1. The Labute approximate surface area is 122 Å². The number of nitrogens with one attached hydrogen (secondary N) is 1. The molecule has 104 valence electrons. The molecule has 0 aliphatic carbocycles. The molecule has 0 aliphatic rings. The standard InChI is InChI=1S/C16H16FNOS/c1-2-20-15-9-3-12(4-10-15)11-16(19)18-14-7-5-13(17)6-8-14/h3-10H,2,11H2,1H3,(H,18,19). The van der Waals surface area contributed by atoms with Gasteiger partial charge in [0.15, 0.2) is 0 Å². The Hall–Kier alpha value is -1.81. The van der Waals surface area contributed by atoms with E-state index < -0.39 is 0 Å². The number of hydrogen-bond donors (Lipinski definition) is 1. The molecule has 0 aromatic heterocycles. The molecule has 0 heterocycles. The molecule has 0 atom stereocenters. The molecule has 0 unspecified atom stereocenters. The molecule has 1 N–H and O–H groups in total. The maximum absolute atomic E-state index is 12.8. The van der Waals surface area contributed by atoms with Crippen LogP contribution in [0.15, 0.2) is 53.4 Å². The third-order valence-electron chi connectivity index (χ3n) is 2.73. The predicted molar refractivity (Wildman–Crippen MR) is 81.6 cm³/mol. The first-order valence-corrected chi connectivity index (χ1v) is 7.43. The Kier molecular flexibility index (Phi) is 5.18. The summed E-state index contributed by atoms with van der Waals surface area (Å²) >= 11 is 1.77. The monoisotopic (exact) mass is 289 g/mol. The van der Waals surface area contributed by atoms with Gasteiger partial charge in [-0.1, -0.05) is 19.1 Å². The Balaban J connectivity index is 1.92. The van der Waals surface area contributed by atoms with E-state index in [1.165, 1.54) is 17.0 Å². The number of rotatable bonds is 5. The molecule has 1 amide bonds. The number of carbonyl (C=O) groups excluding carboxylic acids is 1. The van der Waals surface area contributed by atoms with Gasteiger partial charge in [-0.05, 0) is 47.7 Å². The molecule has 0 saturated heterocycles. The Morgan fingerprint density at radius 1 is 1.10 bits per heavy atom. The van der Waals surface area contributed by atoms with E-state index in [9.17, 15) is 9.18 Å². The van der Waals surface area contributed by atoms with Crippen LogP contribution >= 0.6 is 11.8 Å². The van der Waals surface area contributed by atoms with Crippen LogP contribution in [0.3, 0.4) is 0 Å². The van der Waals surface area contributed by atoms with Crippen molar-refractivity contribution in [3.8, 4) is 0 Å². The first kappa shape index (κ1) is 14.6. The van der Waals surface area contributed by atoms with Gasteiger partial charge in [0.05, 0.1) is 6.42 Å². The highest BCUT2D eigenvalue weighted by atomic mass is 32.2. The highest BCUT2D eigenvalue weighted by Gasteiger charge is 2.04. The molecule has 2 nitrogen and oxygen atoms in total. The minimum absolute atomic E-state index is 0.104. The Bertz CT molecular complexity index is 566. The van der Waals surface area contributed by atoms with Gasteiger partial charge in [0.1, 0.15) is 5.82 Å². The number of thioether (sulfide) groups is 1. The van der Waals surface area contributed by atoms with E-state index in [4.69, 9.17) is 0 Å². The lowest BCUT2D eigenvalue weighted by Gasteiger charge is -2.06. The van der Waals surface area contributed by atoms with Crippen molar-refractivity contribution < 1.29 is 9.18 Å². The average Bonchev–Trinajstić information content (AvgIpc) is 2.44. The van der Waals surface area contributed by atoms with Gasteiger partial charge in [0, 0.05) is 10.6 Å². The second-order valence-electron chi connectivity index (χ2n) is 4.31. The lowest BCUT2D eigenvalue weighted by molar-refractivity contribution is -0.115. The van der Waals surface area contributed by atoms with Gasteiger partial charge in [0.25, 0.3) is 0 Å². The largest absolute Gasteiger partial charge is 0.326 e. The molecular weight excluding hydrogens is 273 g/mol. The second kappa shape index (κ2) is 7.10. The molecule has 0 bridgehead atoms. The fourth-order valence-electron chi connectivity index (χ4n) is 1.79. The quantitative estimate of drug-likeness (QED) is 0.839. The maximum atomic E-state index is 12.8. The molecule has 2 rings (SSSR count). The van der Waals surface area contributed by atoms with Gasteiger partial charge in [-0.2, -0.15) is 0 Å². The van der Waals surface area contributed by atoms with Crippen LogP contribution in [-0.2, 0) is 11.2 Å². The number of halogens is 1. The van der Waals surface area contributed by atoms with Crippen LogP contribution in [0, 0.1) is 5.82 Å². The predicted octanol–water partition coefficient (Wildman–Crippen LogP) is 4.12. The molecule has 4 heteroatoms. The van der Waals surface area contributed by atoms with E-state index in [-0.39, 0.29) is 11.7 Å². The number of carbonyl (C=O) groups is 1. The summed E-state index contributed by atoms with van der Waals surface area (Å²) in [5.41, 5.74) is 1.57. The summed E-state index contributed by atoms with van der Waals surface area (Å²) in [6.07, 6.45) is 0.314. The van der Waals surface area contributed by atoms with Gasteiger partial charge in [-0.3, -0.25) is 4.79 Å². The van der Waals surface area contributed by atoms with Gasteiger partial charge >= 0.3 is 0 Å². The normalized spacial score (nSPS) is 10.3. The summed E-state index contributed by atoms with van der Waals surface area (Å²) in [6.45, 7) is 2.11. The zero-order chi connectivity index (χ0) is 14.4. The summed E-state index contributed by atoms with van der Waals surface area (Å²) in [4.78, 5) is 13.1. The van der Waals surface area contributed by atoms with Gasteiger partial charge in [-0.15, -0.1) is 11.8 Å². The third kappa shape index (κ3) is 4.38. The minimum Gasteiger partial charge on any atom is -0.326 e. The summed E-state index contributed by atoms with van der Waals surface area (Å²) in [5, 5.41) is 2.75. The van der Waals surface area contributed by atoms with Crippen LogP contribution in [0.5, 0.6) is 0 Å². The number of amides is 1. The van der Waals surface area contributed by atoms with Crippen molar-refractivity contribution in [3.05, 3.63) is 59.9 Å². The van der Waals surface area contributed by atoms with Crippen molar-refractivity contribution in [3.63, 3.8) is 0 Å². The van der Waals surface area contributed by atoms with Crippen LogP contribution < -0.4 is 5.32 Å². The van der Waals surface area contributed by atoms with E-state index in [2.05, 4.69) is 12.2 Å². The summed E-state index contributed by atoms with van der Waals surface area (Å²) < 4.78 is 12.8. The van der Waals surface area contributed by atoms with Crippen molar-refractivity contribution in [2.75, 3.05) is 11.1 Å². The van der Waals surface area contributed by atoms with Gasteiger partial charge in [0.2, 0.25) is 5.91 Å². The second-order valence-corrected chi connectivity index (χ2v) is 5.65. The summed E-state index contributed by atoms with van der Waals surface area (Å²) in [6, 6.07) is 13.7. The van der Waals surface area contributed by atoms with Crippen LogP contribution in [0.4, 0.5) is 10.1 Å². The number of benzene rings is 2. The minimum atomic E-state index is -0.313. The summed E-state index contributed by atoms with van der Waals surface area (Å²) in [7, 11) is 0. The van der Waals surface area contributed by atoms with Crippen LogP contribution in [0.25, 0.3) is 0 Å². The van der Waals surface area contributed by atoms with Crippen molar-refractivity contribution in [2.24, 2.45) is 0 Å². The molecule has 0 fully saturated rings. The van der Waals surface area contributed by atoms with Crippen LogP contribution in [0.2, 0.25) is 0 Å². The van der Waals surface area contributed by atoms with E-state index in [0.29, 0.717) is 12.1 Å². The first-order chi connectivity index (χ1) is 9.67. The third-order valence-corrected chi connectivity index (χ3v) is 3.62. The molecule has 2 aromatic rings. The molecule has 2 aromatic carbocycles. The first-order valence-electron chi connectivity index (χ1n) is 6.44. The topological polar surface area (TPSA) is 29.1 Å². The molecule has 0 spiro atoms. The highest BCUT2D eigenvalue weighted by Crippen LogP contribution is 2.18. The highest BCUT2D eigenvalue weighted by molar-refractivity contribution is 7.99.